The summed E-state index contributed by atoms with van der Waals surface area (Å²) in [6.07, 6.45) is 5.03. The van der Waals surface area contributed by atoms with Crippen LogP contribution in [0.15, 0.2) is 41.9 Å². The number of imidazole rings is 1. The third-order valence-electron chi connectivity index (χ3n) is 4.22. The number of nitrogens with zero attached hydrogens (tertiary/aromatic N) is 3. The molecule has 0 spiro atoms. The number of methoxy groups -OCH3 is 1. The first-order valence-electron chi connectivity index (χ1n) is 8.37. The number of carbonyl (C=O) groups excluding carboxylic acids is 1. The van der Waals surface area contributed by atoms with Crippen molar-refractivity contribution in [3.8, 4) is 5.75 Å². The van der Waals surface area contributed by atoms with Gasteiger partial charge in [-0.25, -0.2) is 4.98 Å². The first kappa shape index (κ1) is 19.4. The van der Waals surface area contributed by atoms with E-state index in [1.807, 2.05) is 54.3 Å². The molecule has 1 atom stereocenters. The van der Waals surface area contributed by atoms with Crippen LogP contribution in [-0.4, -0.2) is 47.9 Å². The zero-order chi connectivity index (χ0) is 19.4. The third kappa shape index (κ3) is 4.50. The summed E-state index contributed by atoms with van der Waals surface area (Å²) in [5, 5.41) is 5.25. The molecule has 0 radical (unpaired) electrons. The zero-order valence-corrected chi connectivity index (χ0v) is 16.9. The molecule has 1 unspecified atom stereocenters. The lowest BCUT2D eigenvalue weighted by molar-refractivity contribution is -0.116. The van der Waals surface area contributed by atoms with Crippen LogP contribution in [0.25, 0.3) is 11.0 Å². The van der Waals surface area contributed by atoms with E-state index < -0.39 is 0 Å². The molecule has 0 aliphatic rings. The Labute approximate surface area is 167 Å². The summed E-state index contributed by atoms with van der Waals surface area (Å²) in [7, 11) is 5.60. The van der Waals surface area contributed by atoms with E-state index in [9.17, 15) is 4.79 Å². The van der Waals surface area contributed by atoms with Crippen LogP contribution in [0.4, 0.5) is 0 Å². The quantitative estimate of drug-likeness (QED) is 0.612. The van der Waals surface area contributed by atoms with E-state index in [2.05, 4.69) is 15.2 Å². The molecule has 0 saturated carbocycles. The monoisotopic (exact) mass is 404 g/mol. The molecule has 0 saturated heterocycles. The van der Waals surface area contributed by atoms with Crippen molar-refractivity contribution in [3.05, 3.63) is 58.3 Å². The van der Waals surface area contributed by atoms with Gasteiger partial charge in [0.05, 0.1) is 18.8 Å². The lowest BCUT2D eigenvalue weighted by atomic mass is 10.1. The molecule has 3 rings (SSSR count). The van der Waals surface area contributed by atoms with Crippen LogP contribution in [0.3, 0.4) is 0 Å². The predicted octanol–water partition coefficient (Wildman–Crippen LogP) is 3.49. The third-order valence-corrected chi connectivity index (χ3v) is 5.25. The standard InChI is InChI=1S/C19H21ClN4O2S/c1-23(2)16(13-5-4-6-14(11-13)26-3)12-21-17(25)8-7-15-18(20)22-19-24(15)9-10-27-19/h4-11,16H,12H2,1-3H3,(H,21,25)/b8-7+. The van der Waals surface area contributed by atoms with E-state index in [1.54, 1.807) is 13.2 Å². The number of carbonyl (C=O) groups is 1. The number of likely N-dealkylation sites (N-methyl/N-ethyl adjacent to an activating group) is 1. The fraction of sp³-hybridized carbons (Fsp3) is 0.263. The van der Waals surface area contributed by atoms with Gasteiger partial charge < -0.3 is 15.0 Å². The molecule has 2 heterocycles. The van der Waals surface area contributed by atoms with E-state index in [0.29, 0.717) is 17.4 Å². The molecule has 3 aromatic rings. The number of ether oxygens (including phenoxy) is 1. The van der Waals surface area contributed by atoms with Gasteiger partial charge in [-0.3, -0.25) is 9.20 Å². The van der Waals surface area contributed by atoms with Gasteiger partial charge in [0.25, 0.3) is 0 Å². The topological polar surface area (TPSA) is 58.9 Å². The van der Waals surface area contributed by atoms with Crippen LogP contribution in [0.1, 0.15) is 17.3 Å². The minimum Gasteiger partial charge on any atom is -0.497 e. The fourth-order valence-corrected chi connectivity index (χ4v) is 3.79. The van der Waals surface area contributed by atoms with E-state index in [1.165, 1.54) is 17.4 Å². The number of benzene rings is 1. The molecule has 0 aliphatic carbocycles. The lowest BCUT2D eigenvalue weighted by Crippen LogP contribution is -2.33. The highest BCUT2D eigenvalue weighted by Crippen LogP contribution is 2.23. The van der Waals surface area contributed by atoms with Gasteiger partial charge in [0.15, 0.2) is 10.1 Å². The molecule has 8 heteroatoms. The average Bonchev–Trinajstić information content (AvgIpc) is 3.20. The van der Waals surface area contributed by atoms with Crippen molar-refractivity contribution in [2.24, 2.45) is 0 Å². The second-order valence-corrected chi connectivity index (χ2v) is 7.41. The van der Waals surface area contributed by atoms with Crippen LogP contribution in [0, 0.1) is 0 Å². The van der Waals surface area contributed by atoms with Gasteiger partial charge in [0, 0.05) is 24.2 Å². The van der Waals surface area contributed by atoms with Gasteiger partial charge >= 0.3 is 0 Å². The van der Waals surface area contributed by atoms with Crippen molar-refractivity contribution in [2.45, 2.75) is 6.04 Å². The van der Waals surface area contributed by atoms with Crippen molar-refractivity contribution >= 4 is 39.9 Å². The van der Waals surface area contributed by atoms with Crippen LogP contribution in [-0.2, 0) is 4.79 Å². The number of hydrogen-bond acceptors (Lipinski definition) is 5. The number of rotatable bonds is 7. The molecule has 1 amide bonds. The largest absolute Gasteiger partial charge is 0.497 e. The number of halogens is 1. The van der Waals surface area contributed by atoms with Gasteiger partial charge in [-0.05, 0) is 37.9 Å². The molecule has 2 aromatic heterocycles. The number of fused-ring (bicyclic) bond motifs is 1. The van der Waals surface area contributed by atoms with Gasteiger partial charge in [-0.2, -0.15) is 0 Å². The smallest absolute Gasteiger partial charge is 0.244 e. The van der Waals surface area contributed by atoms with Gasteiger partial charge in [-0.1, -0.05) is 23.7 Å². The molecular weight excluding hydrogens is 384 g/mol. The molecule has 0 bridgehead atoms. The predicted molar refractivity (Wildman–Crippen MR) is 110 cm³/mol. The molecule has 27 heavy (non-hydrogen) atoms. The Morgan fingerprint density at radius 2 is 2.30 bits per heavy atom. The molecule has 1 N–H and O–H groups in total. The fourth-order valence-electron chi connectivity index (χ4n) is 2.78. The Hall–Kier alpha value is -2.35. The second-order valence-electron chi connectivity index (χ2n) is 6.18. The molecule has 142 valence electrons. The highest BCUT2D eigenvalue weighted by Gasteiger charge is 2.15. The first-order valence-corrected chi connectivity index (χ1v) is 9.62. The minimum atomic E-state index is -0.189. The summed E-state index contributed by atoms with van der Waals surface area (Å²) in [5.41, 5.74) is 1.77. The molecule has 1 aromatic carbocycles. The normalized spacial score (nSPS) is 12.8. The highest BCUT2D eigenvalue weighted by molar-refractivity contribution is 7.15. The summed E-state index contributed by atoms with van der Waals surface area (Å²) >= 11 is 7.64. The number of hydrogen-bond donors (Lipinski definition) is 1. The number of nitrogens with one attached hydrogen (secondary N) is 1. The maximum atomic E-state index is 12.3. The number of amides is 1. The van der Waals surface area contributed by atoms with Crippen molar-refractivity contribution in [1.29, 1.82) is 0 Å². The maximum Gasteiger partial charge on any atom is 0.244 e. The Kier molecular flexibility index (Phi) is 6.15. The summed E-state index contributed by atoms with van der Waals surface area (Å²) in [6.45, 7) is 0.470. The average molecular weight is 405 g/mol. The molecular formula is C19H21ClN4O2S. The summed E-state index contributed by atoms with van der Waals surface area (Å²) in [6, 6.07) is 7.87. The molecule has 0 fully saturated rings. The van der Waals surface area contributed by atoms with E-state index in [0.717, 1.165) is 16.3 Å². The highest BCUT2D eigenvalue weighted by atomic mass is 35.5. The SMILES string of the molecule is COc1cccc(C(CNC(=O)/C=C/c2c(Cl)nc3sccn23)N(C)C)c1. The van der Waals surface area contributed by atoms with E-state index in [4.69, 9.17) is 16.3 Å². The van der Waals surface area contributed by atoms with Crippen molar-refractivity contribution in [2.75, 3.05) is 27.7 Å². The van der Waals surface area contributed by atoms with Crippen LogP contribution in [0.2, 0.25) is 5.15 Å². The maximum absolute atomic E-state index is 12.3. The van der Waals surface area contributed by atoms with Crippen molar-refractivity contribution in [1.82, 2.24) is 19.6 Å². The Morgan fingerprint density at radius 3 is 3.04 bits per heavy atom. The van der Waals surface area contributed by atoms with Gasteiger partial charge in [0.2, 0.25) is 5.91 Å². The summed E-state index contributed by atoms with van der Waals surface area (Å²) in [4.78, 5) is 19.4. The van der Waals surface area contributed by atoms with Gasteiger partial charge in [0.1, 0.15) is 5.75 Å². The summed E-state index contributed by atoms with van der Waals surface area (Å²) < 4.78 is 7.15. The summed E-state index contributed by atoms with van der Waals surface area (Å²) in [5.74, 6) is 0.603. The van der Waals surface area contributed by atoms with E-state index in [-0.39, 0.29) is 11.9 Å². The number of thiazole rings is 1. The Morgan fingerprint density at radius 1 is 1.48 bits per heavy atom. The van der Waals surface area contributed by atoms with Crippen LogP contribution < -0.4 is 10.1 Å². The molecule has 6 nitrogen and oxygen atoms in total. The lowest BCUT2D eigenvalue weighted by Gasteiger charge is -2.25. The van der Waals surface area contributed by atoms with E-state index >= 15 is 0 Å². The van der Waals surface area contributed by atoms with Gasteiger partial charge in [-0.15, -0.1) is 11.3 Å². The van der Waals surface area contributed by atoms with Crippen molar-refractivity contribution in [3.63, 3.8) is 0 Å². The van der Waals surface area contributed by atoms with Crippen LogP contribution in [0.5, 0.6) is 5.75 Å². The van der Waals surface area contributed by atoms with Crippen molar-refractivity contribution < 1.29 is 9.53 Å². The Bertz CT molecular complexity index is 964. The first-order chi connectivity index (χ1) is 13.0. The number of aromatic nitrogens is 2. The minimum absolute atomic E-state index is 0.0274. The zero-order valence-electron chi connectivity index (χ0n) is 15.3. The second kappa shape index (κ2) is 8.56. The molecule has 0 aliphatic heterocycles. The van der Waals surface area contributed by atoms with Crippen LogP contribution >= 0.6 is 22.9 Å². The Balaban J connectivity index is 1.67.